The highest BCUT2D eigenvalue weighted by molar-refractivity contribution is 7.99. The third-order valence-electron chi connectivity index (χ3n) is 7.68. The molecule has 2 atom stereocenters. The molecule has 2 aromatic rings. The summed E-state index contributed by atoms with van der Waals surface area (Å²) in [4.78, 5) is 15.4. The maximum atomic E-state index is 13.0. The maximum Gasteiger partial charge on any atom is 0.264 e. The molecular formula is C28H35ClN2O4S2. The van der Waals surface area contributed by atoms with Gasteiger partial charge in [0.2, 0.25) is 10.0 Å². The minimum atomic E-state index is -3.68. The van der Waals surface area contributed by atoms with Gasteiger partial charge in [-0.15, -0.1) is 0 Å². The Morgan fingerprint density at radius 3 is 2.73 bits per heavy atom. The number of benzene rings is 2. The lowest BCUT2D eigenvalue weighted by Crippen LogP contribution is -2.41. The summed E-state index contributed by atoms with van der Waals surface area (Å²) in [5, 5.41) is 1.37. The fraction of sp³-hybridized carbons (Fsp3) is 0.536. The van der Waals surface area contributed by atoms with E-state index in [1.807, 2.05) is 42.1 Å². The molecule has 200 valence electrons. The number of amides is 1. The van der Waals surface area contributed by atoms with Gasteiger partial charge in [-0.3, -0.25) is 4.79 Å². The minimum absolute atomic E-state index is 0.0287. The molecule has 0 aromatic heterocycles. The van der Waals surface area contributed by atoms with Gasteiger partial charge in [0.1, 0.15) is 12.4 Å². The van der Waals surface area contributed by atoms with E-state index in [0.29, 0.717) is 35.5 Å². The Bertz CT molecular complexity index is 1240. The van der Waals surface area contributed by atoms with Crippen LogP contribution in [0.25, 0.3) is 0 Å². The normalized spacial score (nSPS) is 24.8. The molecule has 0 unspecified atom stereocenters. The SMILES string of the molecule is O=C1NS(=O)(=O)CCCCCS[C@@H]2CC[C@H]2CN2CCCCc3cc(Cl)ccc3COc3ccc1cc32. The minimum Gasteiger partial charge on any atom is -0.487 e. The van der Waals surface area contributed by atoms with Crippen LogP contribution in [0, 0.1) is 5.92 Å². The quantitative estimate of drug-likeness (QED) is 0.436. The van der Waals surface area contributed by atoms with E-state index in [1.165, 1.54) is 18.4 Å². The number of hydrogen-bond donors (Lipinski definition) is 1. The van der Waals surface area contributed by atoms with Crippen LogP contribution in [-0.2, 0) is 23.1 Å². The van der Waals surface area contributed by atoms with Gasteiger partial charge in [-0.2, -0.15) is 11.8 Å². The molecule has 9 heteroatoms. The number of anilines is 1. The van der Waals surface area contributed by atoms with Gasteiger partial charge in [-0.1, -0.05) is 24.1 Å². The standard InChI is InChI=1S/C28H35ClN2O4S2/c29-24-10-7-23-19-35-26-11-8-21-17-25(26)31(13-3-2-6-20(23)16-24)18-22-9-12-27(22)36-14-4-1-5-15-37(33,34)30-28(21)32/h7-8,10-11,16-17,22,27H,1-6,9,12-15,18-19H2,(H,30,32)/t22-,27+/m0/s1. The first-order valence-corrected chi connectivity index (χ1v) is 16.4. The summed E-state index contributed by atoms with van der Waals surface area (Å²) in [6, 6.07) is 11.2. The van der Waals surface area contributed by atoms with Gasteiger partial charge in [0.15, 0.2) is 0 Å². The van der Waals surface area contributed by atoms with Crippen LogP contribution in [0.15, 0.2) is 36.4 Å². The first-order valence-electron chi connectivity index (χ1n) is 13.3. The topological polar surface area (TPSA) is 75.7 Å². The van der Waals surface area contributed by atoms with Gasteiger partial charge in [0.05, 0.1) is 11.4 Å². The van der Waals surface area contributed by atoms with Crippen molar-refractivity contribution in [1.82, 2.24) is 4.72 Å². The molecule has 6 nitrogen and oxygen atoms in total. The van der Waals surface area contributed by atoms with Crippen LogP contribution in [0.4, 0.5) is 5.69 Å². The molecule has 37 heavy (non-hydrogen) atoms. The molecule has 1 aliphatic carbocycles. The van der Waals surface area contributed by atoms with Gasteiger partial charge in [-0.05, 0) is 98.1 Å². The molecule has 1 fully saturated rings. The highest BCUT2D eigenvalue weighted by atomic mass is 35.5. The number of sulfonamides is 1. The number of aryl methyl sites for hydroxylation is 1. The van der Waals surface area contributed by atoms with Crippen molar-refractivity contribution in [2.45, 2.75) is 63.2 Å². The van der Waals surface area contributed by atoms with Gasteiger partial charge in [-0.25, -0.2) is 13.1 Å². The largest absolute Gasteiger partial charge is 0.487 e. The van der Waals surface area contributed by atoms with Crippen LogP contribution < -0.4 is 14.4 Å². The highest BCUT2D eigenvalue weighted by Gasteiger charge is 2.33. The molecule has 5 rings (SSSR count). The predicted molar refractivity (Wildman–Crippen MR) is 151 cm³/mol. The second kappa shape index (κ2) is 11.9. The lowest BCUT2D eigenvalue weighted by molar-refractivity contribution is 0.0981. The van der Waals surface area contributed by atoms with Crippen molar-refractivity contribution in [3.8, 4) is 5.75 Å². The van der Waals surface area contributed by atoms with Crippen molar-refractivity contribution in [1.29, 1.82) is 0 Å². The molecule has 2 heterocycles. The Labute approximate surface area is 229 Å². The third kappa shape index (κ3) is 6.76. The van der Waals surface area contributed by atoms with E-state index >= 15 is 0 Å². The summed E-state index contributed by atoms with van der Waals surface area (Å²) in [6.45, 7) is 2.18. The smallest absolute Gasteiger partial charge is 0.264 e. The van der Waals surface area contributed by atoms with Crippen molar-refractivity contribution in [3.05, 3.63) is 58.1 Å². The number of nitrogens with one attached hydrogen (secondary N) is 1. The predicted octanol–water partition coefficient (Wildman–Crippen LogP) is 5.82. The second-order valence-electron chi connectivity index (χ2n) is 10.3. The van der Waals surface area contributed by atoms with Crippen LogP contribution in [-0.4, -0.2) is 44.2 Å². The molecule has 2 aliphatic heterocycles. The van der Waals surface area contributed by atoms with Gasteiger partial charge in [0, 0.05) is 28.9 Å². The van der Waals surface area contributed by atoms with Gasteiger partial charge in [0.25, 0.3) is 5.91 Å². The highest BCUT2D eigenvalue weighted by Crippen LogP contribution is 2.41. The van der Waals surface area contributed by atoms with E-state index < -0.39 is 15.9 Å². The zero-order valence-corrected chi connectivity index (χ0v) is 23.5. The Kier molecular flexibility index (Phi) is 8.57. The molecule has 3 aliphatic rings. The summed E-state index contributed by atoms with van der Waals surface area (Å²) in [7, 11) is -3.68. The summed E-state index contributed by atoms with van der Waals surface area (Å²) in [5.41, 5.74) is 3.53. The average molecular weight is 563 g/mol. The molecule has 0 saturated heterocycles. The fourth-order valence-electron chi connectivity index (χ4n) is 5.39. The number of carbonyl (C=O) groups is 1. The number of thioether (sulfide) groups is 1. The Morgan fingerprint density at radius 1 is 1.00 bits per heavy atom. The third-order valence-corrected chi connectivity index (χ3v) is 10.8. The van der Waals surface area contributed by atoms with Crippen molar-refractivity contribution in [3.63, 3.8) is 0 Å². The van der Waals surface area contributed by atoms with Crippen LogP contribution in [0.3, 0.4) is 0 Å². The van der Waals surface area contributed by atoms with E-state index in [9.17, 15) is 13.2 Å². The van der Waals surface area contributed by atoms with E-state index in [0.717, 1.165) is 67.2 Å². The number of hydrogen-bond acceptors (Lipinski definition) is 6. The Morgan fingerprint density at radius 2 is 1.89 bits per heavy atom. The zero-order chi connectivity index (χ0) is 25.8. The molecule has 1 amide bonds. The van der Waals surface area contributed by atoms with Crippen LogP contribution in [0.5, 0.6) is 5.75 Å². The number of fused-ring (bicyclic) bond motifs is 3. The Hall–Kier alpha value is -1.90. The van der Waals surface area contributed by atoms with Crippen LogP contribution in [0.1, 0.15) is 66.4 Å². The number of nitrogens with zero attached hydrogens (tertiary/aromatic N) is 1. The van der Waals surface area contributed by atoms with Crippen LogP contribution >= 0.6 is 23.4 Å². The van der Waals surface area contributed by atoms with Crippen LogP contribution in [0.2, 0.25) is 5.02 Å². The van der Waals surface area contributed by atoms with Gasteiger partial charge < -0.3 is 9.64 Å². The summed E-state index contributed by atoms with van der Waals surface area (Å²) < 4.78 is 33.8. The first kappa shape index (κ1) is 26.7. The van der Waals surface area contributed by atoms with E-state index in [2.05, 4.69) is 9.62 Å². The second-order valence-corrected chi connectivity index (χ2v) is 14.0. The van der Waals surface area contributed by atoms with E-state index in [1.54, 1.807) is 6.07 Å². The number of ether oxygens (including phenoxy) is 1. The number of rotatable bonds is 0. The van der Waals surface area contributed by atoms with Crippen molar-refractivity contribution < 1.29 is 17.9 Å². The van der Waals surface area contributed by atoms with Crippen molar-refractivity contribution in [2.75, 3.05) is 29.5 Å². The molecule has 0 spiro atoms. The molecule has 2 bridgehead atoms. The molecular weight excluding hydrogens is 528 g/mol. The Balaban J connectivity index is 1.49. The number of carbonyl (C=O) groups excluding carboxylic acids is 1. The molecule has 1 saturated carbocycles. The maximum absolute atomic E-state index is 13.0. The lowest BCUT2D eigenvalue weighted by atomic mass is 9.84. The number of halogens is 1. The average Bonchev–Trinajstić information content (AvgIpc) is 2.88. The monoisotopic (exact) mass is 562 g/mol. The molecule has 0 radical (unpaired) electrons. The summed E-state index contributed by atoms with van der Waals surface area (Å²) in [5.74, 6) is 1.76. The molecule has 1 N–H and O–H groups in total. The lowest BCUT2D eigenvalue weighted by Gasteiger charge is -2.41. The summed E-state index contributed by atoms with van der Waals surface area (Å²) in [6.07, 6.45) is 7.85. The zero-order valence-electron chi connectivity index (χ0n) is 21.1. The van der Waals surface area contributed by atoms with Crippen molar-refractivity contribution >= 4 is 45.0 Å². The first-order chi connectivity index (χ1) is 17.9. The molecule has 2 aromatic carbocycles. The van der Waals surface area contributed by atoms with Crippen molar-refractivity contribution in [2.24, 2.45) is 5.92 Å². The summed E-state index contributed by atoms with van der Waals surface area (Å²) >= 11 is 8.33. The van der Waals surface area contributed by atoms with E-state index in [4.69, 9.17) is 16.3 Å². The fourth-order valence-corrected chi connectivity index (χ4v) is 8.14. The van der Waals surface area contributed by atoms with Gasteiger partial charge >= 0.3 is 0 Å². The van der Waals surface area contributed by atoms with E-state index in [-0.39, 0.29) is 5.75 Å².